The van der Waals surface area contributed by atoms with E-state index in [-0.39, 0.29) is 0 Å². The number of aliphatic hydroxyl groups is 2. The number of nitrogens with zero attached hydrogens (tertiary/aromatic N) is 1. The summed E-state index contributed by atoms with van der Waals surface area (Å²) in [7, 11) is 0. The van der Waals surface area contributed by atoms with Crippen LogP contribution in [0, 0.1) is 0 Å². The molecule has 0 unspecified atom stereocenters. The quantitative estimate of drug-likeness (QED) is 0.439. The molecule has 6 heteroatoms. The second-order valence-electron chi connectivity index (χ2n) is 7.96. The lowest BCUT2D eigenvalue weighted by Crippen LogP contribution is -2.52. The molecule has 1 saturated heterocycles. The lowest BCUT2D eigenvalue weighted by Gasteiger charge is -2.33. The lowest BCUT2D eigenvalue weighted by molar-refractivity contribution is -0.131. The van der Waals surface area contributed by atoms with Crippen molar-refractivity contribution in [2.75, 3.05) is 32.8 Å². The first-order valence-corrected chi connectivity index (χ1v) is 11.1. The number of unbranched alkanes of at least 4 members (excludes halogenated alkanes) is 5. The molecular formula is C23H38N2O4. The summed E-state index contributed by atoms with van der Waals surface area (Å²) in [5.74, 6) is -0.396. The van der Waals surface area contributed by atoms with Gasteiger partial charge in [-0.1, -0.05) is 75.8 Å². The van der Waals surface area contributed by atoms with Crippen molar-refractivity contribution in [3.8, 4) is 0 Å². The number of benzene rings is 1. The fraction of sp³-hybridized carbons (Fsp3) is 0.696. The Hall–Kier alpha value is -1.47. The van der Waals surface area contributed by atoms with E-state index in [1.807, 2.05) is 30.3 Å². The molecule has 1 aliphatic heterocycles. The Morgan fingerprint density at radius 1 is 1.07 bits per heavy atom. The number of hydrogen-bond acceptors (Lipinski definition) is 5. The standard InChI is InChI=1S/C23H38N2O4/c1-2-3-4-5-6-10-13-21(26)23(28)24-20(18-25-14-16-29-17-15-25)22(27)19-11-8-7-9-12-19/h7-9,11-12,20-22,26-27H,2-6,10,13-18H2,1H3,(H,24,28)/t20-,21-,22-/m0/s1. The second-order valence-corrected chi connectivity index (χ2v) is 7.96. The molecule has 1 heterocycles. The van der Waals surface area contributed by atoms with Gasteiger partial charge in [0.2, 0.25) is 5.91 Å². The van der Waals surface area contributed by atoms with Crippen molar-refractivity contribution in [2.45, 2.75) is 70.1 Å². The van der Waals surface area contributed by atoms with Crippen molar-refractivity contribution >= 4 is 5.91 Å². The fourth-order valence-corrected chi connectivity index (χ4v) is 3.70. The third kappa shape index (κ3) is 8.83. The van der Waals surface area contributed by atoms with Crippen LogP contribution in [0.3, 0.4) is 0 Å². The summed E-state index contributed by atoms with van der Waals surface area (Å²) in [6, 6.07) is 8.88. The number of morpholine rings is 1. The van der Waals surface area contributed by atoms with Gasteiger partial charge in [-0.25, -0.2) is 0 Å². The van der Waals surface area contributed by atoms with Crippen LogP contribution in [0.1, 0.15) is 63.5 Å². The summed E-state index contributed by atoms with van der Waals surface area (Å²) in [4.78, 5) is 14.8. The SMILES string of the molecule is CCCCCCCC[C@H](O)C(=O)N[C@@H](CN1CCOCC1)[C@@H](O)c1ccccc1. The Kier molecular flexibility index (Phi) is 11.2. The van der Waals surface area contributed by atoms with E-state index in [2.05, 4.69) is 17.1 Å². The number of ether oxygens (including phenoxy) is 1. The molecule has 0 radical (unpaired) electrons. The van der Waals surface area contributed by atoms with Gasteiger partial charge in [0.25, 0.3) is 0 Å². The molecule has 2 rings (SSSR count). The maximum atomic E-state index is 12.6. The number of carbonyl (C=O) groups is 1. The summed E-state index contributed by atoms with van der Waals surface area (Å²) in [6.07, 6.45) is 5.28. The van der Waals surface area contributed by atoms with Gasteiger partial charge in [-0.15, -0.1) is 0 Å². The minimum Gasteiger partial charge on any atom is -0.386 e. The Balaban J connectivity index is 1.88. The highest BCUT2D eigenvalue weighted by Crippen LogP contribution is 2.18. The predicted molar refractivity (Wildman–Crippen MR) is 115 cm³/mol. The summed E-state index contributed by atoms with van der Waals surface area (Å²) in [5.41, 5.74) is 0.761. The van der Waals surface area contributed by atoms with Crippen LogP contribution in [-0.2, 0) is 9.53 Å². The maximum absolute atomic E-state index is 12.6. The Labute approximate surface area is 175 Å². The van der Waals surface area contributed by atoms with Gasteiger partial charge in [0.05, 0.1) is 19.3 Å². The van der Waals surface area contributed by atoms with E-state index in [4.69, 9.17) is 4.74 Å². The van der Waals surface area contributed by atoms with Crippen LogP contribution in [0.25, 0.3) is 0 Å². The first-order chi connectivity index (χ1) is 14.1. The number of amides is 1. The van der Waals surface area contributed by atoms with Gasteiger partial charge in [0.1, 0.15) is 12.2 Å². The van der Waals surface area contributed by atoms with Gasteiger partial charge in [-0.05, 0) is 12.0 Å². The molecule has 1 aliphatic rings. The van der Waals surface area contributed by atoms with E-state index >= 15 is 0 Å². The van der Waals surface area contributed by atoms with Crippen LogP contribution in [0.5, 0.6) is 0 Å². The van der Waals surface area contributed by atoms with E-state index in [9.17, 15) is 15.0 Å². The van der Waals surface area contributed by atoms with E-state index in [0.29, 0.717) is 26.2 Å². The van der Waals surface area contributed by atoms with Crippen LogP contribution < -0.4 is 5.32 Å². The molecule has 3 atom stereocenters. The Morgan fingerprint density at radius 3 is 2.41 bits per heavy atom. The second kappa shape index (κ2) is 13.7. The van der Waals surface area contributed by atoms with E-state index in [1.54, 1.807) is 0 Å². The van der Waals surface area contributed by atoms with Crippen LogP contribution >= 0.6 is 0 Å². The van der Waals surface area contributed by atoms with Gasteiger partial charge in [-0.2, -0.15) is 0 Å². The van der Waals surface area contributed by atoms with Gasteiger partial charge in [-0.3, -0.25) is 9.69 Å². The smallest absolute Gasteiger partial charge is 0.249 e. The molecule has 1 aromatic carbocycles. The molecule has 0 spiro atoms. The van der Waals surface area contributed by atoms with Gasteiger partial charge < -0.3 is 20.3 Å². The normalized spacial score (nSPS) is 18.2. The first-order valence-electron chi connectivity index (χ1n) is 11.1. The van der Waals surface area contributed by atoms with Gasteiger partial charge in [0.15, 0.2) is 0 Å². The van der Waals surface area contributed by atoms with Crippen LogP contribution in [-0.4, -0.2) is 66.0 Å². The predicted octanol–water partition coefficient (Wildman–Crippen LogP) is 2.65. The van der Waals surface area contributed by atoms with Crippen molar-refractivity contribution in [2.24, 2.45) is 0 Å². The number of hydrogen-bond donors (Lipinski definition) is 3. The number of carbonyl (C=O) groups excluding carboxylic acids is 1. The van der Waals surface area contributed by atoms with Crippen LogP contribution in [0.2, 0.25) is 0 Å². The van der Waals surface area contributed by atoms with Crippen molar-refractivity contribution in [3.05, 3.63) is 35.9 Å². The number of aliphatic hydroxyl groups excluding tert-OH is 2. The monoisotopic (exact) mass is 406 g/mol. The zero-order valence-electron chi connectivity index (χ0n) is 17.8. The minimum atomic E-state index is -1.03. The van der Waals surface area contributed by atoms with E-state index in [1.165, 1.54) is 19.3 Å². The Morgan fingerprint density at radius 2 is 1.72 bits per heavy atom. The summed E-state index contributed by atoms with van der Waals surface area (Å²) in [6.45, 7) is 5.56. The summed E-state index contributed by atoms with van der Waals surface area (Å²) >= 11 is 0. The number of nitrogens with one attached hydrogen (secondary N) is 1. The third-order valence-corrected chi connectivity index (χ3v) is 5.54. The van der Waals surface area contributed by atoms with Crippen molar-refractivity contribution in [1.29, 1.82) is 0 Å². The average molecular weight is 407 g/mol. The third-order valence-electron chi connectivity index (χ3n) is 5.54. The highest BCUT2D eigenvalue weighted by molar-refractivity contribution is 5.80. The van der Waals surface area contributed by atoms with E-state index in [0.717, 1.165) is 37.9 Å². The van der Waals surface area contributed by atoms with Gasteiger partial charge in [0, 0.05) is 19.6 Å². The minimum absolute atomic E-state index is 0.396. The molecule has 0 aromatic heterocycles. The highest BCUT2D eigenvalue weighted by Gasteiger charge is 2.28. The van der Waals surface area contributed by atoms with Gasteiger partial charge >= 0.3 is 0 Å². The average Bonchev–Trinajstić information content (AvgIpc) is 2.76. The molecule has 1 aromatic rings. The molecule has 1 amide bonds. The molecule has 1 fully saturated rings. The molecule has 164 valence electrons. The largest absolute Gasteiger partial charge is 0.386 e. The van der Waals surface area contributed by atoms with Crippen LogP contribution in [0.4, 0.5) is 0 Å². The Bertz CT molecular complexity index is 563. The molecule has 0 saturated carbocycles. The van der Waals surface area contributed by atoms with Crippen molar-refractivity contribution in [1.82, 2.24) is 10.2 Å². The first kappa shape index (κ1) is 23.8. The summed E-state index contributed by atoms with van der Waals surface area (Å²) in [5, 5.41) is 24.1. The fourth-order valence-electron chi connectivity index (χ4n) is 3.70. The molecule has 3 N–H and O–H groups in total. The highest BCUT2D eigenvalue weighted by atomic mass is 16.5. The lowest BCUT2D eigenvalue weighted by atomic mass is 10.0. The maximum Gasteiger partial charge on any atom is 0.249 e. The topological polar surface area (TPSA) is 82.0 Å². The van der Waals surface area contributed by atoms with Crippen LogP contribution in [0.15, 0.2) is 30.3 Å². The number of rotatable bonds is 13. The molecule has 0 aliphatic carbocycles. The van der Waals surface area contributed by atoms with E-state index < -0.39 is 24.2 Å². The molecular weight excluding hydrogens is 368 g/mol. The zero-order chi connectivity index (χ0) is 20.9. The molecule has 29 heavy (non-hydrogen) atoms. The van der Waals surface area contributed by atoms with Crippen molar-refractivity contribution < 1.29 is 19.7 Å². The molecule has 6 nitrogen and oxygen atoms in total. The molecule has 0 bridgehead atoms. The van der Waals surface area contributed by atoms with Crippen molar-refractivity contribution in [3.63, 3.8) is 0 Å². The summed E-state index contributed by atoms with van der Waals surface area (Å²) < 4.78 is 5.39. The zero-order valence-corrected chi connectivity index (χ0v) is 17.8.